The molecule has 0 bridgehead atoms. The zero-order valence-corrected chi connectivity index (χ0v) is 15.1. The summed E-state index contributed by atoms with van der Waals surface area (Å²) in [5, 5.41) is 8.81. The van der Waals surface area contributed by atoms with Crippen LogP contribution < -0.4 is 10.2 Å². The molecule has 0 unspecified atom stereocenters. The Labute approximate surface area is 147 Å². The van der Waals surface area contributed by atoms with E-state index in [1.54, 1.807) is 0 Å². The number of piperidine rings is 1. The van der Waals surface area contributed by atoms with Crippen molar-refractivity contribution < 1.29 is 0 Å². The molecule has 1 N–H and O–H groups in total. The monoisotopic (exact) mass is 336 g/mol. The van der Waals surface area contributed by atoms with Gasteiger partial charge >= 0.3 is 0 Å². The van der Waals surface area contributed by atoms with Crippen molar-refractivity contribution in [1.29, 1.82) is 0 Å². The van der Waals surface area contributed by atoms with E-state index >= 15 is 0 Å². The molecule has 1 fully saturated rings. The molecular formula is C19H24N6. The summed E-state index contributed by atoms with van der Waals surface area (Å²) in [5.41, 5.74) is 4.34. The van der Waals surface area contributed by atoms with Crippen LogP contribution in [0.1, 0.15) is 30.4 Å². The van der Waals surface area contributed by atoms with Crippen molar-refractivity contribution in [3.63, 3.8) is 0 Å². The van der Waals surface area contributed by atoms with Crippen LogP contribution in [-0.2, 0) is 7.05 Å². The second-order valence-corrected chi connectivity index (χ2v) is 6.87. The molecule has 0 saturated carbocycles. The van der Waals surface area contributed by atoms with Gasteiger partial charge in [-0.15, -0.1) is 0 Å². The molecule has 3 aromatic rings. The first kappa shape index (κ1) is 15.9. The second-order valence-electron chi connectivity index (χ2n) is 6.87. The van der Waals surface area contributed by atoms with Crippen LogP contribution in [0.3, 0.4) is 0 Å². The van der Waals surface area contributed by atoms with Gasteiger partial charge in [-0.05, 0) is 44.7 Å². The molecule has 0 radical (unpaired) electrons. The third kappa shape index (κ3) is 3.04. The predicted molar refractivity (Wildman–Crippen MR) is 102 cm³/mol. The zero-order valence-electron chi connectivity index (χ0n) is 15.1. The fourth-order valence-electron chi connectivity index (χ4n) is 3.48. The second kappa shape index (κ2) is 6.35. The molecule has 1 aliphatic heterocycles. The van der Waals surface area contributed by atoms with E-state index in [2.05, 4.69) is 47.4 Å². The van der Waals surface area contributed by atoms with Crippen molar-refractivity contribution in [2.24, 2.45) is 7.05 Å². The molecule has 2 aromatic heterocycles. The number of hydrogen-bond acceptors (Lipinski definition) is 5. The van der Waals surface area contributed by atoms with Gasteiger partial charge in [0.25, 0.3) is 0 Å². The number of aromatic nitrogens is 4. The SMILES string of the molecule is Cc1ccc(Nc2nc(N3CCCCC3)c3cnn(C)c3n2)c(C)c1. The third-order valence-corrected chi connectivity index (χ3v) is 4.86. The van der Waals surface area contributed by atoms with E-state index in [0.29, 0.717) is 5.95 Å². The van der Waals surface area contributed by atoms with Gasteiger partial charge in [0.05, 0.1) is 11.6 Å². The van der Waals surface area contributed by atoms with Crippen molar-refractivity contribution in [2.75, 3.05) is 23.3 Å². The quantitative estimate of drug-likeness (QED) is 0.790. The lowest BCUT2D eigenvalue weighted by atomic mass is 10.1. The van der Waals surface area contributed by atoms with Gasteiger partial charge in [0.2, 0.25) is 5.95 Å². The first-order valence-corrected chi connectivity index (χ1v) is 8.91. The summed E-state index contributed by atoms with van der Waals surface area (Å²) < 4.78 is 1.82. The molecule has 6 heteroatoms. The molecule has 1 aliphatic rings. The van der Waals surface area contributed by atoms with Crippen LogP contribution in [-0.4, -0.2) is 32.8 Å². The van der Waals surface area contributed by atoms with Crippen molar-refractivity contribution in [3.05, 3.63) is 35.5 Å². The van der Waals surface area contributed by atoms with E-state index in [9.17, 15) is 0 Å². The van der Waals surface area contributed by atoms with E-state index in [4.69, 9.17) is 9.97 Å². The van der Waals surface area contributed by atoms with Gasteiger partial charge < -0.3 is 10.2 Å². The molecule has 3 heterocycles. The van der Waals surface area contributed by atoms with Crippen LogP contribution >= 0.6 is 0 Å². The summed E-state index contributed by atoms with van der Waals surface area (Å²) in [4.78, 5) is 11.9. The van der Waals surface area contributed by atoms with Gasteiger partial charge in [-0.25, -0.2) is 0 Å². The van der Waals surface area contributed by atoms with Gasteiger partial charge in [-0.2, -0.15) is 15.1 Å². The van der Waals surface area contributed by atoms with Crippen molar-refractivity contribution in [1.82, 2.24) is 19.7 Å². The van der Waals surface area contributed by atoms with Gasteiger partial charge in [0, 0.05) is 25.8 Å². The number of rotatable bonds is 3. The molecule has 6 nitrogen and oxygen atoms in total. The smallest absolute Gasteiger partial charge is 0.231 e. The topological polar surface area (TPSA) is 58.9 Å². The molecule has 0 atom stereocenters. The first-order valence-electron chi connectivity index (χ1n) is 8.91. The molecule has 130 valence electrons. The molecule has 1 saturated heterocycles. The number of nitrogens with zero attached hydrogens (tertiary/aromatic N) is 5. The molecule has 1 aromatic carbocycles. The minimum absolute atomic E-state index is 0.628. The van der Waals surface area contributed by atoms with E-state index in [1.807, 2.05) is 17.9 Å². The summed E-state index contributed by atoms with van der Waals surface area (Å²) in [5.74, 6) is 1.62. The Kier molecular flexibility index (Phi) is 4.03. The number of fused-ring (bicyclic) bond motifs is 1. The number of nitrogens with one attached hydrogen (secondary N) is 1. The van der Waals surface area contributed by atoms with Gasteiger partial charge in [-0.3, -0.25) is 4.68 Å². The maximum atomic E-state index is 4.85. The average Bonchev–Trinajstić information content (AvgIpc) is 2.99. The highest BCUT2D eigenvalue weighted by molar-refractivity contribution is 5.88. The molecular weight excluding hydrogens is 312 g/mol. The Bertz CT molecular complexity index is 908. The number of anilines is 3. The Hall–Kier alpha value is -2.63. The van der Waals surface area contributed by atoms with Crippen LogP contribution in [0, 0.1) is 13.8 Å². The van der Waals surface area contributed by atoms with Crippen LogP contribution in [0.15, 0.2) is 24.4 Å². The van der Waals surface area contributed by atoms with E-state index < -0.39 is 0 Å². The first-order chi connectivity index (χ1) is 12.1. The van der Waals surface area contributed by atoms with Gasteiger partial charge in [-0.1, -0.05) is 17.7 Å². The number of hydrogen-bond donors (Lipinski definition) is 1. The Morgan fingerprint density at radius 2 is 1.84 bits per heavy atom. The molecule has 4 rings (SSSR count). The molecule has 0 aliphatic carbocycles. The van der Waals surface area contributed by atoms with Crippen LogP contribution in [0.25, 0.3) is 11.0 Å². The highest BCUT2D eigenvalue weighted by atomic mass is 15.3. The fraction of sp³-hybridized carbons (Fsp3) is 0.421. The van der Waals surface area contributed by atoms with Crippen molar-refractivity contribution >= 4 is 28.5 Å². The lowest BCUT2D eigenvalue weighted by Crippen LogP contribution is -2.30. The fourth-order valence-corrected chi connectivity index (χ4v) is 3.48. The van der Waals surface area contributed by atoms with E-state index in [1.165, 1.54) is 30.4 Å². The number of benzene rings is 1. The summed E-state index contributed by atoms with van der Waals surface area (Å²) in [6, 6.07) is 6.35. The molecule has 25 heavy (non-hydrogen) atoms. The van der Waals surface area contributed by atoms with Crippen molar-refractivity contribution in [2.45, 2.75) is 33.1 Å². The van der Waals surface area contributed by atoms with Crippen LogP contribution in [0.5, 0.6) is 0 Å². The van der Waals surface area contributed by atoms with E-state index in [0.717, 1.165) is 35.6 Å². The van der Waals surface area contributed by atoms with Gasteiger partial charge in [0.1, 0.15) is 5.82 Å². The number of aryl methyl sites for hydroxylation is 3. The standard InChI is InChI=1S/C19H24N6/c1-13-7-8-16(14(2)11-13)21-19-22-17-15(12-20-24(17)3)18(23-19)25-9-5-4-6-10-25/h7-8,11-12H,4-6,9-10H2,1-3H3,(H,21,22,23). The molecule has 0 amide bonds. The Morgan fingerprint density at radius 1 is 1.04 bits per heavy atom. The highest BCUT2D eigenvalue weighted by Gasteiger charge is 2.19. The lowest BCUT2D eigenvalue weighted by molar-refractivity contribution is 0.575. The molecule has 0 spiro atoms. The Balaban J connectivity index is 1.77. The largest absolute Gasteiger partial charge is 0.356 e. The summed E-state index contributed by atoms with van der Waals surface area (Å²) in [6.45, 7) is 6.29. The van der Waals surface area contributed by atoms with E-state index in [-0.39, 0.29) is 0 Å². The maximum Gasteiger partial charge on any atom is 0.231 e. The lowest BCUT2D eigenvalue weighted by Gasteiger charge is -2.28. The summed E-state index contributed by atoms with van der Waals surface area (Å²) >= 11 is 0. The normalized spacial score (nSPS) is 14.9. The highest BCUT2D eigenvalue weighted by Crippen LogP contribution is 2.29. The minimum Gasteiger partial charge on any atom is -0.356 e. The van der Waals surface area contributed by atoms with Crippen molar-refractivity contribution in [3.8, 4) is 0 Å². The summed E-state index contributed by atoms with van der Waals surface area (Å²) in [6.07, 6.45) is 5.60. The van der Waals surface area contributed by atoms with Crippen LogP contribution in [0.4, 0.5) is 17.5 Å². The van der Waals surface area contributed by atoms with Crippen LogP contribution in [0.2, 0.25) is 0 Å². The maximum absolute atomic E-state index is 4.85. The zero-order chi connectivity index (χ0) is 17.4. The Morgan fingerprint density at radius 3 is 2.60 bits per heavy atom. The summed E-state index contributed by atoms with van der Waals surface area (Å²) in [7, 11) is 1.93. The third-order valence-electron chi connectivity index (χ3n) is 4.86. The van der Waals surface area contributed by atoms with Gasteiger partial charge in [0.15, 0.2) is 5.65 Å². The predicted octanol–water partition coefficient (Wildman–Crippen LogP) is 3.71. The average molecular weight is 336 g/mol. The minimum atomic E-state index is 0.628.